The van der Waals surface area contributed by atoms with Crippen LogP contribution in [0.3, 0.4) is 0 Å². The van der Waals surface area contributed by atoms with Gasteiger partial charge >= 0.3 is 0 Å². The maximum absolute atomic E-state index is 9.74. The molecule has 78 valence electrons. The predicted octanol–water partition coefficient (Wildman–Crippen LogP) is 1.60. The molecule has 0 aromatic heterocycles. The van der Waals surface area contributed by atoms with Gasteiger partial charge in [0.25, 0.3) is 0 Å². The smallest absolute Gasteiger partial charge is 0.124 e. The fourth-order valence-corrected chi connectivity index (χ4v) is 1.58. The highest BCUT2D eigenvalue weighted by Crippen LogP contribution is 2.31. The van der Waals surface area contributed by atoms with Crippen molar-refractivity contribution in [3.05, 3.63) is 28.3 Å². The van der Waals surface area contributed by atoms with Crippen LogP contribution in [0, 0.1) is 0 Å². The molecule has 0 aliphatic rings. The molecule has 0 aliphatic heterocycles. The fourth-order valence-electron chi connectivity index (χ4n) is 1.33. The van der Waals surface area contributed by atoms with E-state index >= 15 is 0 Å². The molecule has 3 nitrogen and oxygen atoms in total. The van der Waals surface area contributed by atoms with E-state index in [0.717, 1.165) is 5.56 Å². The van der Waals surface area contributed by atoms with E-state index < -0.39 is 6.10 Å². The molecule has 1 aromatic carbocycles. The van der Waals surface area contributed by atoms with E-state index in [2.05, 4.69) is 0 Å². The normalized spacial score (nSPS) is 12.9. The van der Waals surface area contributed by atoms with Gasteiger partial charge in [0.15, 0.2) is 0 Å². The minimum atomic E-state index is -0.862. The third-order valence-corrected chi connectivity index (χ3v) is 2.36. The molecule has 4 N–H and O–H groups in total. The maximum Gasteiger partial charge on any atom is 0.124 e. The molecule has 1 aromatic rings. The molecule has 1 rings (SSSR count). The van der Waals surface area contributed by atoms with Crippen LogP contribution in [0.2, 0.25) is 5.02 Å². The summed E-state index contributed by atoms with van der Waals surface area (Å²) < 4.78 is 0. The number of aryl methyl sites for hydroxylation is 1. The van der Waals surface area contributed by atoms with Gasteiger partial charge in [-0.05, 0) is 24.1 Å². The maximum atomic E-state index is 9.74. The van der Waals surface area contributed by atoms with Gasteiger partial charge in [-0.3, -0.25) is 0 Å². The second-order valence-corrected chi connectivity index (χ2v) is 3.54. The molecular weight excluding hydrogens is 202 g/mol. The van der Waals surface area contributed by atoms with Gasteiger partial charge in [0.2, 0.25) is 0 Å². The van der Waals surface area contributed by atoms with Crippen LogP contribution in [0.25, 0.3) is 0 Å². The van der Waals surface area contributed by atoms with Gasteiger partial charge in [-0.15, -0.1) is 0 Å². The van der Waals surface area contributed by atoms with Crippen LogP contribution in [0.1, 0.15) is 24.2 Å². The van der Waals surface area contributed by atoms with Crippen molar-refractivity contribution in [3.63, 3.8) is 0 Å². The van der Waals surface area contributed by atoms with Gasteiger partial charge < -0.3 is 15.9 Å². The number of aromatic hydroxyl groups is 1. The fraction of sp³-hybridized carbons (Fsp3) is 0.400. The highest BCUT2D eigenvalue weighted by Gasteiger charge is 2.14. The highest BCUT2D eigenvalue weighted by atomic mass is 35.5. The van der Waals surface area contributed by atoms with Crippen LogP contribution in [0.5, 0.6) is 5.75 Å². The Morgan fingerprint density at radius 2 is 2.14 bits per heavy atom. The third-order valence-electron chi connectivity index (χ3n) is 2.15. The van der Waals surface area contributed by atoms with Crippen molar-refractivity contribution in [1.29, 1.82) is 0 Å². The number of hydrogen-bond donors (Lipinski definition) is 3. The van der Waals surface area contributed by atoms with Crippen molar-refractivity contribution >= 4 is 11.6 Å². The van der Waals surface area contributed by atoms with Crippen molar-refractivity contribution in [3.8, 4) is 5.75 Å². The quantitative estimate of drug-likeness (QED) is 0.718. The number of phenols is 1. The SMILES string of the molecule is CCc1cc(Cl)cc(C(O)CN)c1O. The standard InChI is InChI=1S/C10H14ClNO2/c1-2-6-3-7(11)4-8(10(6)14)9(13)5-12/h3-4,9,13-14H,2,5,12H2,1H3. The van der Waals surface area contributed by atoms with E-state index in [4.69, 9.17) is 17.3 Å². The molecule has 4 heteroatoms. The number of nitrogens with two attached hydrogens (primary N) is 1. The second kappa shape index (κ2) is 4.64. The Morgan fingerprint density at radius 3 is 2.64 bits per heavy atom. The molecule has 1 unspecified atom stereocenters. The zero-order valence-corrected chi connectivity index (χ0v) is 8.75. The van der Waals surface area contributed by atoms with Crippen LogP contribution in [0.4, 0.5) is 0 Å². The number of phenolic OH excluding ortho intramolecular Hbond substituents is 1. The lowest BCUT2D eigenvalue weighted by Crippen LogP contribution is -2.12. The highest BCUT2D eigenvalue weighted by molar-refractivity contribution is 6.30. The van der Waals surface area contributed by atoms with E-state index in [1.807, 2.05) is 6.92 Å². The van der Waals surface area contributed by atoms with Crippen molar-refractivity contribution in [2.45, 2.75) is 19.4 Å². The van der Waals surface area contributed by atoms with E-state index in [1.54, 1.807) is 6.07 Å². The molecule has 0 fully saturated rings. The first-order chi connectivity index (χ1) is 6.60. The van der Waals surface area contributed by atoms with Crippen molar-refractivity contribution in [1.82, 2.24) is 0 Å². The first-order valence-corrected chi connectivity index (χ1v) is 4.87. The summed E-state index contributed by atoms with van der Waals surface area (Å²) in [5, 5.41) is 19.8. The summed E-state index contributed by atoms with van der Waals surface area (Å²) >= 11 is 5.84. The van der Waals surface area contributed by atoms with Gasteiger partial charge in [-0.1, -0.05) is 18.5 Å². The topological polar surface area (TPSA) is 66.5 Å². The monoisotopic (exact) mass is 215 g/mol. The van der Waals surface area contributed by atoms with Crippen LogP contribution in [-0.4, -0.2) is 16.8 Å². The summed E-state index contributed by atoms with van der Waals surface area (Å²) in [5.41, 5.74) is 6.43. The van der Waals surface area contributed by atoms with Crippen LogP contribution < -0.4 is 5.73 Å². The number of halogens is 1. The summed E-state index contributed by atoms with van der Waals surface area (Å²) in [4.78, 5) is 0. The Bertz CT molecular complexity index is 328. The molecule has 0 saturated heterocycles. The van der Waals surface area contributed by atoms with Crippen LogP contribution in [-0.2, 0) is 6.42 Å². The molecule has 0 bridgehead atoms. The summed E-state index contributed by atoms with van der Waals surface area (Å²) in [6.45, 7) is 1.97. The minimum absolute atomic E-state index is 0.0665. The zero-order chi connectivity index (χ0) is 10.7. The Morgan fingerprint density at radius 1 is 1.50 bits per heavy atom. The van der Waals surface area contributed by atoms with Crippen molar-refractivity contribution < 1.29 is 10.2 Å². The van der Waals surface area contributed by atoms with E-state index in [-0.39, 0.29) is 12.3 Å². The minimum Gasteiger partial charge on any atom is -0.507 e. The predicted molar refractivity (Wildman–Crippen MR) is 56.5 cm³/mol. The lowest BCUT2D eigenvalue weighted by molar-refractivity contribution is 0.182. The Hall–Kier alpha value is -0.770. The zero-order valence-electron chi connectivity index (χ0n) is 8.00. The Labute approximate surface area is 88.1 Å². The van der Waals surface area contributed by atoms with Crippen LogP contribution in [0.15, 0.2) is 12.1 Å². The average Bonchev–Trinajstić information content (AvgIpc) is 2.19. The number of benzene rings is 1. The summed E-state index contributed by atoms with van der Waals surface area (Å²) in [7, 11) is 0. The Balaban J connectivity index is 3.21. The van der Waals surface area contributed by atoms with Crippen molar-refractivity contribution in [2.24, 2.45) is 5.73 Å². The molecule has 0 aliphatic carbocycles. The van der Waals surface area contributed by atoms with E-state index in [1.165, 1.54) is 6.07 Å². The molecule has 1 atom stereocenters. The molecule has 0 saturated carbocycles. The van der Waals surface area contributed by atoms with Gasteiger partial charge in [0, 0.05) is 17.1 Å². The summed E-state index contributed by atoms with van der Waals surface area (Å²) in [6.07, 6.45) is -0.199. The number of hydrogen-bond acceptors (Lipinski definition) is 3. The first kappa shape index (κ1) is 11.3. The Kier molecular flexibility index (Phi) is 3.75. The van der Waals surface area contributed by atoms with E-state index in [9.17, 15) is 10.2 Å². The molecule has 0 amide bonds. The lowest BCUT2D eigenvalue weighted by atomic mass is 10.0. The molecule has 14 heavy (non-hydrogen) atoms. The second-order valence-electron chi connectivity index (χ2n) is 3.11. The first-order valence-electron chi connectivity index (χ1n) is 4.49. The number of aliphatic hydroxyl groups excluding tert-OH is 1. The lowest BCUT2D eigenvalue weighted by Gasteiger charge is -2.13. The molecular formula is C10H14ClNO2. The summed E-state index contributed by atoms with van der Waals surface area (Å²) in [5.74, 6) is 0.0925. The van der Waals surface area contributed by atoms with E-state index in [0.29, 0.717) is 17.0 Å². The molecule has 0 spiro atoms. The van der Waals surface area contributed by atoms with Crippen LogP contribution >= 0.6 is 11.6 Å². The van der Waals surface area contributed by atoms with Gasteiger partial charge in [0.1, 0.15) is 5.75 Å². The number of rotatable bonds is 3. The largest absolute Gasteiger partial charge is 0.507 e. The van der Waals surface area contributed by atoms with Gasteiger partial charge in [-0.25, -0.2) is 0 Å². The molecule has 0 radical (unpaired) electrons. The number of aliphatic hydroxyl groups is 1. The van der Waals surface area contributed by atoms with Gasteiger partial charge in [0.05, 0.1) is 6.10 Å². The third kappa shape index (κ3) is 2.18. The molecule has 0 heterocycles. The van der Waals surface area contributed by atoms with Gasteiger partial charge in [-0.2, -0.15) is 0 Å². The average molecular weight is 216 g/mol. The summed E-state index contributed by atoms with van der Waals surface area (Å²) in [6, 6.07) is 3.22. The van der Waals surface area contributed by atoms with Crippen molar-refractivity contribution in [2.75, 3.05) is 6.54 Å².